The average Bonchev–Trinajstić information content (AvgIpc) is 3.06. The lowest BCUT2D eigenvalue weighted by Gasteiger charge is -2.30. The Morgan fingerprint density at radius 3 is 2.48 bits per heavy atom. The number of amides is 1. The number of rotatable bonds is 4. The monoisotopic (exact) mass is 425 g/mol. The summed E-state index contributed by atoms with van der Waals surface area (Å²) in [4.78, 5) is 36.1. The molecule has 2 aromatic carbocycles. The molecule has 10 heteroatoms. The fourth-order valence-corrected chi connectivity index (χ4v) is 4.73. The summed E-state index contributed by atoms with van der Waals surface area (Å²) in [5.41, 5.74) is 0.0929. The van der Waals surface area contributed by atoms with E-state index in [-0.39, 0.29) is 16.3 Å². The van der Waals surface area contributed by atoms with E-state index in [0.717, 1.165) is 11.0 Å². The number of carboxylic acids is 1. The number of carbonyl (C=O) groups excluding carboxylic acids is 2. The van der Waals surface area contributed by atoms with Gasteiger partial charge in [0.2, 0.25) is 0 Å². The van der Waals surface area contributed by atoms with Crippen molar-refractivity contribution in [1.29, 1.82) is 0 Å². The zero-order valence-corrected chi connectivity index (χ0v) is 15.8. The molecule has 0 aromatic heterocycles. The summed E-state index contributed by atoms with van der Waals surface area (Å²) in [5.74, 6) is -1.98. The van der Waals surface area contributed by atoms with Gasteiger partial charge in [0.1, 0.15) is 10.4 Å². The van der Waals surface area contributed by atoms with Gasteiger partial charge < -0.3 is 14.8 Å². The summed E-state index contributed by atoms with van der Waals surface area (Å²) in [6.07, 6.45) is 0. The van der Waals surface area contributed by atoms with Crippen LogP contribution in [0.5, 0.6) is 0 Å². The smallest absolute Gasteiger partial charge is 0.288 e. The molecule has 1 aliphatic rings. The molecule has 2 atom stereocenters. The van der Waals surface area contributed by atoms with Crippen molar-refractivity contribution in [3.63, 3.8) is 0 Å². The summed E-state index contributed by atoms with van der Waals surface area (Å²) >= 11 is 13.2. The van der Waals surface area contributed by atoms with Crippen molar-refractivity contribution >= 4 is 52.5 Å². The van der Waals surface area contributed by atoms with Gasteiger partial charge in [-0.15, -0.1) is 11.8 Å². The molecule has 0 radical (unpaired) electrons. The minimum Gasteiger partial charge on any atom is -0.548 e. The van der Waals surface area contributed by atoms with Gasteiger partial charge in [0.15, 0.2) is 0 Å². The van der Waals surface area contributed by atoms with Crippen LogP contribution in [-0.2, 0) is 4.79 Å². The number of halogens is 2. The van der Waals surface area contributed by atoms with Gasteiger partial charge in [0.25, 0.3) is 11.6 Å². The van der Waals surface area contributed by atoms with E-state index in [1.807, 2.05) is 0 Å². The highest BCUT2D eigenvalue weighted by Gasteiger charge is 2.40. The number of carbonyl (C=O) groups is 2. The molecule has 3 rings (SSSR count). The highest BCUT2D eigenvalue weighted by molar-refractivity contribution is 7.99. The summed E-state index contributed by atoms with van der Waals surface area (Å²) < 4.78 is 0. The van der Waals surface area contributed by atoms with Crippen LogP contribution in [-0.4, -0.2) is 33.5 Å². The third-order valence-electron chi connectivity index (χ3n) is 4.07. The first-order valence-electron chi connectivity index (χ1n) is 7.64. The van der Waals surface area contributed by atoms with E-state index in [0.29, 0.717) is 10.6 Å². The number of aliphatic carboxylic acids is 1. The van der Waals surface area contributed by atoms with E-state index < -0.39 is 33.9 Å². The van der Waals surface area contributed by atoms with Crippen LogP contribution in [0.4, 0.5) is 5.69 Å². The third-order valence-corrected chi connectivity index (χ3v) is 6.04. The second kappa shape index (κ2) is 7.75. The third kappa shape index (κ3) is 3.73. The molecule has 1 saturated heterocycles. The Labute approximate surface area is 168 Å². The van der Waals surface area contributed by atoms with E-state index in [9.17, 15) is 24.8 Å². The van der Waals surface area contributed by atoms with Gasteiger partial charge >= 0.3 is 0 Å². The molecule has 0 spiro atoms. The number of hydrogen-bond acceptors (Lipinski definition) is 6. The quantitative estimate of drug-likeness (QED) is 0.550. The topological polar surface area (TPSA) is 104 Å². The zero-order valence-electron chi connectivity index (χ0n) is 13.5. The second-order valence-corrected chi connectivity index (χ2v) is 7.61. The molecule has 0 saturated carbocycles. The van der Waals surface area contributed by atoms with Crippen LogP contribution in [0.2, 0.25) is 10.0 Å². The molecule has 0 bridgehead atoms. The Kier molecular flexibility index (Phi) is 5.59. The van der Waals surface area contributed by atoms with Crippen LogP contribution in [0.3, 0.4) is 0 Å². The Bertz CT molecular complexity index is 939. The number of carboxylic acid groups (broad SMARTS) is 1. The Hall–Kier alpha value is -2.29. The zero-order chi connectivity index (χ0) is 19.7. The summed E-state index contributed by atoms with van der Waals surface area (Å²) in [5, 5.41) is 22.3. The lowest BCUT2D eigenvalue weighted by molar-refractivity contribution is -0.384. The van der Waals surface area contributed by atoms with Gasteiger partial charge in [-0.3, -0.25) is 14.9 Å². The second-order valence-electron chi connectivity index (χ2n) is 5.68. The average molecular weight is 426 g/mol. The largest absolute Gasteiger partial charge is 0.548 e. The van der Waals surface area contributed by atoms with Gasteiger partial charge in [-0.25, -0.2) is 0 Å². The predicted octanol–water partition coefficient (Wildman–Crippen LogP) is 2.91. The van der Waals surface area contributed by atoms with Crippen molar-refractivity contribution in [2.24, 2.45) is 0 Å². The fourth-order valence-electron chi connectivity index (χ4n) is 2.79. The molecule has 1 aliphatic heterocycles. The van der Waals surface area contributed by atoms with Gasteiger partial charge in [0, 0.05) is 28.0 Å². The molecule has 140 valence electrons. The van der Waals surface area contributed by atoms with Crippen molar-refractivity contribution < 1.29 is 19.6 Å². The first-order chi connectivity index (χ1) is 12.8. The number of nitro benzene ring substituents is 1. The van der Waals surface area contributed by atoms with Crippen LogP contribution in [0.1, 0.15) is 21.3 Å². The molecule has 27 heavy (non-hydrogen) atoms. The predicted molar refractivity (Wildman–Crippen MR) is 99.7 cm³/mol. The Morgan fingerprint density at radius 2 is 1.85 bits per heavy atom. The molecule has 0 N–H and O–H groups in total. The Morgan fingerprint density at radius 1 is 1.15 bits per heavy atom. The number of nitrogens with zero attached hydrogens (tertiary/aromatic N) is 2. The van der Waals surface area contributed by atoms with Crippen molar-refractivity contribution in [2.45, 2.75) is 11.4 Å². The van der Waals surface area contributed by atoms with Crippen LogP contribution in [0.15, 0.2) is 42.5 Å². The minimum absolute atomic E-state index is 0.0445. The van der Waals surface area contributed by atoms with E-state index in [2.05, 4.69) is 0 Å². The van der Waals surface area contributed by atoms with Crippen LogP contribution < -0.4 is 5.11 Å². The summed E-state index contributed by atoms with van der Waals surface area (Å²) in [6, 6.07) is 9.16. The molecular formula is C17H11Cl2N2O5S-. The van der Waals surface area contributed by atoms with Crippen LogP contribution >= 0.6 is 35.0 Å². The number of hydrogen-bond donors (Lipinski definition) is 0. The number of thioether (sulfide) groups is 1. The maximum absolute atomic E-state index is 13.1. The molecule has 7 nitrogen and oxygen atoms in total. The van der Waals surface area contributed by atoms with Gasteiger partial charge in [-0.1, -0.05) is 41.4 Å². The van der Waals surface area contributed by atoms with E-state index in [4.69, 9.17) is 23.2 Å². The molecule has 0 aliphatic carbocycles. The van der Waals surface area contributed by atoms with Crippen molar-refractivity contribution in [2.75, 3.05) is 5.75 Å². The van der Waals surface area contributed by atoms with E-state index >= 15 is 0 Å². The highest BCUT2D eigenvalue weighted by Crippen LogP contribution is 2.44. The summed E-state index contributed by atoms with van der Waals surface area (Å²) in [7, 11) is 0. The number of nitro groups is 1. The first-order valence-corrected chi connectivity index (χ1v) is 9.45. The van der Waals surface area contributed by atoms with E-state index in [1.165, 1.54) is 23.9 Å². The first kappa shape index (κ1) is 19.5. The number of benzene rings is 2. The Balaban J connectivity index is 2.05. The molecule has 1 heterocycles. The lowest BCUT2D eigenvalue weighted by Crippen LogP contribution is -2.49. The molecule has 2 aromatic rings. The normalized spacial score (nSPS) is 19.1. The maximum Gasteiger partial charge on any atom is 0.288 e. The van der Waals surface area contributed by atoms with Crippen LogP contribution in [0.25, 0.3) is 0 Å². The SMILES string of the molecule is O=C([O-])C1CSC(c2ccccc2Cl)N1C(=O)c1ccc(Cl)c([N+](=O)[O-])c1. The van der Waals surface area contributed by atoms with Gasteiger partial charge in [-0.2, -0.15) is 0 Å². The highest BCUT2D eigenvalue weighted by atomic mass is 35.5. The molecule has 1 amide bonds. The minimum atomic E-state index is -1.41. The molecule has 1 fully saturated rings. The standard InChI is InChI=1S/C17H12Cl2N2O5S/c18-11-4-2-1-3-10(11)16-20(14(8-27-16)17(23)24)15(22)9-5-6-12(19)13(7-9)21(25)26/h1-7,14,16H,8H2,(H,23,24)/p-1. The van der Waals surface area contributed by atoms with Crippen LogP contribution in [0, 0.1) is 10.1 Å². The fraction of sp³-hybridized carbons (Fsp3) is 0.176. The molecule has 2 unspecified atom stereocenters. The lowest BCUT2D eigenvalue weighted by atomic mass is 10.1. The van der Waals surface area contributed by atoms with E-state index in [1.54, 1.807) is 24.3 Å². The van der Waals surface area contributed by atoms with Gasteiger partial charge in [0.05, 0.1) is 16.9 Å². The maximum atomic E-state index is 13.1. The van der Waals surface area contributed by atoms with Crippen molar-refractivity contribution in [1.82, 2.24) is 4.90 Å². The van der Waals surface area contributed by atoms with Crippen molar-refractivity contribution in [3.8, 4) is 0 Å². The summed E-state index contributed by atoms with van der Waals surface area (Å²) in [6.45, 7) is 0. The van der Waals surface area contributed by atoms with Gasteiger partial charge in [-0.05, 0) is 18.2 Å². The van der Waals surface area contributed by atoms with Crippen molar-refractivity contribution in [3.05, 3.63) is 73.8 Å². The molecular weight excluding hydrogens is 415 g/mol.